The molecule has 4 nitrogen and oxygen atoms in total. The van der Waals surface area contributed by atoms with Gasteiger partial charge in [0.1, 0.15) is 10.4 Å². The minimum atomic E-state index is -1.06. The second-order valence-corrected chi connectivity index (χ2v) is 5.68. The van der Waals surface area contributed by atoms with Gasteiger partial charge in [-0.1, -0.05) is 36.5 Å². The fourth-order valence-corrected chi connectivity index (χ4v) is 2.74. The molecule has 1 amide bonds. The SMILES string of the molecule is CCCC(NC(=O)c1cc(Cl)sc1Cl)C(=O)O. The first-order valence-corrected chi connectivity index (χ1v) is 6.51. The molecule has 94 valence electrons. The van der Waals surface area contributed by atoms with Crippen molar-refractivity contribution in [1.29, 1.82) is 0 Å². The Balaban J connectivity index is 2.77. The van der Waals surface area contributed by atoms with Crippen LogP contribution >= 0.6 is 34.5 Å². The first-order chi connectivity index (χ1) is 7.95. The van der Waals surface area contributed by atoms with Crippen LogP contribution in [0.5, 0.6) is 0 Å². The molecule has 0 radical (unpaired) electrons. The summed E-state index contributed by atoms with van der Waals surface area (Å²) in [5.41, 5.74) is 0.212. The topological polar surface area (TPSA) is 66.4 Å². The molecule has 1 heterocycles. The molecular formula is C10H11Cl2NO3S. The Morgan fingerprint density at radius 3 is 2.59 bits per heavy atom. The molecule has 0 bridgehead atoms. The quantitative estimate of drug-likeness (QED) is 0.877. The van der Waals surface area contributed by atoms with Gasteiger partial charge in [0.15, 0.2) is 0 Å². The lowest BCUT2D eigenvalue weighted by atomic mass is 10.1. The zero-order chi connectivity index (χ0) is 13.0. The van der Waals surface area contributed by atoms with Crippen LogP contribution in [0.4, 0.5) is 0 Å². The molecule has 1 aromatic heterocycles. The van der Waals surface area contributed by atoms with E-state index in [2.05, 4.69) is 5.32 Å². The van der Waals surface area contributed by atoms with E-state index < -0.39 is 17.9 Å². The Kier molecular flexibility index (Phi) is 5.24. The lowest BCUT2D eigenvalue weighted by molar-refractivity contribution is -0.139. The number of carboxylic acids is 1. The van der Waals surface area contributed by atoms with Crippen molar-refractivity contribution < 1.29 is 14.7 Å². The average Bonchev–Trinajstić information content (AvgIpc) is 2.57. The molecule has 17 heavy (non-hydrogen) atoms. The van der Waals surface area contributed by atoms with Gasteiger partial charge in [-0.2, -0.15) is 0 Å². The van der Waals surface area contributed by atoms with Gasteiger partial charge in [0.2, 0.25) is 0 Å². The van der Waals surface area contributed by atoms with Gasteiger partial charge in [-0.15, -0.1) is 11.3 Å². The van der Waals surface area contributed by atoms with E-state index in [-0.39, 0.29) is 9.90 Å². The summed E-state index contributed by atoms with van der Waals surface area (Å²) in [7, 11) is 0. The maximum Gasteiger partial charge on any atom is 0.326 e. The smallest absolute Gasteiger partial charge is 0.326 e. The van der Waals surface area contributed by atoms with Gasteiger partial charge in [0.05, 0.1) is 9.90 Å². The fourth-order valence-electron chi connectivity index (χ4n) is 1.28. The molecule has 1 rings (SSSR count). The molecule has 0 aliphatic rings. The molecule has 2 N–H and O–H groups in total. The van der Waals surface area contributed by atoms with Crippen LogP contribution in [0, 0.1) is 0 Å². The summed E-state index contributed by atoms with van der Waals surface area (Å²) < 4.78 is 0.649. The monoisotopic (exact) mass is 295 g/mol. The van der Waals surface area contributed by atoms with Gasteiger partial charge in [0.25, 0.3) is 5.91 Å². The Morgan fingerprint density at radius 1 is 1.53 bits per heavy atom. The Labute approximate surface area is 113 Å². The van der Waals surface area contributed by atoms with Gasteiger partial charge >= 0.3 is 5.97 Å². The molecule has 0 spiro atoms. The molecule has 1 atom stereocenters. The Morgan fingerprint density at radius 2 is 2.18 bits per heavy atom. The van der Waals surface area contributed by atoms with E-state index in [0.717, 1.165) is 11.3 Å². The minimum absolute atomic E-state index is 0.212. The second kappa shape index (κ2) is 6.23. The molecule has 0 fully saturated rings. The van der Waals surface area contributed by atoms with E-state index >= 15 is 0 Å². The highest BCUT2D eigenvalue weighted by molar-refractivity contribution is 7.20. The predicted molar refractivity (Wildman–Crippen MR) is 68.1 cm³/mol. The predicted octanol–water partition coefficient (Wildman–Crippen LogP) is 3.04. The molecule has 1 unspecified atom stereocenters. The van der Waals surface area contributed by atoms with Crippen molar-refractivity contribution in [1.82, 2.24) is 5.32 Å². The summed E-state index contributed by atoms with van der Waals surface area (Å²) in [5.74, 6) is -1.57. The number of hydrogen-bond acceptors (Lipinski definition) is 3. The maximum absolute atomic E-state index is 11.8. The van der Waals surface area contributed by atoms with E-state index in [1.165, 1.54) is 6.07 Å². The van der Waals surface area contributed by atoms with Crippen molar-refractivity contribution >= 4 is 46.4 Å². The normalized spacial score (nSPS) is 12.2. The van der Waals surface area contributed by atoms with Crippen molar-refractivity contribution in [2.75, 3.05) is 0 Å². The number of carbonyl (C=O) groups excluding carboxylic acids is 1. The third-order valence-electron chi connectivity index (χ3n) is 2.08. The summed E-state index contributed by atoms with van der Waals surface area (Å²) >= 11 is 12.6. The van der Waals surface area contributed by atoms with Crippen LogP contribution in [0.1, 0.15) is 30.1 Å². The fraction of sp³-hybridized carbons (Fsp3) is 0.400. The van der Waals surface area contributed by atoms with Crippen LogP contribution in [0.15, 0.2) is 6.07 Å². The zero-order valence-electron chi connectivity index (χ0n) is 9.00. The third-order valence-corrected chi connectivity index (χ3v) is 3.57. The van der Waals surface area contributed by atoms with Crippen molar-refractivity contribution in [3.05, 3.63) is 20.3 Å². The summed E-state index contributed by atoms with van der Waals surface area (Å²) in [6.07, 6.45) is 1.03. The second-order valence-electron chi connectivity index (χ2n) is 3.39. The zero-order valence-corrected chi connectivity index (χ0v) is 11.3. The highest BCUT2D eigenvalue weighted by Crippen LogP contribution is 2.31. The maximum atomic E-state index is 11.8. The van der Waals surface area contributed by atoms with E-state index in [1.54, 1.807) is 0 Å². The Bertz CT molecular complexity index is 433. The Hall–Kier alpha value is -0.780. The number of thiophene rings is 1. The van der Waals surface area contributed by atoms with E-state index in [1.807, 2.05) is 6.92 Å². The number of carboxylic acid groups (broad SMARTS) is 1. The first kappa shape index (κ1) is 14.3. The first-order valence-electron chi connectivity index (χ1n) is 4.94. The summed E-state index contributed by atoms with van der Waals surface area (Å²) in [6.45, 7) is 1.84. The van der Waals surface area contributed by atoms with Crippen molar-refractivity contribution in [3.8, 4) is 0 Å². The molecule has 0 saturated heterocycles. The highest BCUT2D eigenvalue weighted by atomic mass is 35.5. The van der Waals surface area contributed by atoms with Crippen LogP contribution < -0.4 is 5.32 Å². The van der Waals surface area contributed by atoms with Crippen LogP contribution in [0.3, 0.4) is 0 Å². The van der Waals surface area contributed by atoms with Gasteiger partial charge in [-0.25, -0.2) is 4.79 Å². The average molecular weight is 296 g/mol. The summed E-state index contributed by atoms with van der Waals surface area (Å²) in [4.78, 5) is 22.6. The van der Waals surface area contributed by atoms with Gasteiger partial charge in [0, 0.05) is 0 Å². The minimum Gasteiger partial charge on any atom is -0.480 e. The van der Waals surface area contributed by atoms with Crippen LogP contribution in [-0.2, 0) is 4.79 Å². The van der Waals surface area contributed by atoms with E-state index in [4.69, 9.17) is 28.3 Å². The van der Waals surface area contributed by atoms with Crippen LogP contribution in [0.25, 0.3) is 0 Å². The number of hydrogen-bond donors (Lipinski definition) is 2. The summed E-state index contributed by atoms with van der Waals surface area (Å²) in [5, 5.41) is 11.3. The lowest BCUT2D eigenvalue weighted by Crippen LogP contribution is -2.40. The number of nitrogens with one attached hydrogen (secondary N) is 1. The van der Waals surface area contributed by atoms with Crippen molar-refractivity contribution in [2.24, 2.45) is 0 Å². The molecule has 0 aromatic carbocycles. The molecular weight excluding hydrogens is 285 g/mol. The standard InChI is InChI=1S/C10H11Cl2NO3S/c1-2-3-6(10(15)16)13-9(14)5-4-7(11)17-8(5)12/h4,6H,2-3H2,1H3,(H,13,14)(H,15,16). The third kappa shape index (κ3) is 3.87. The van der Waals surface area contributed by atoms with E-state index in [9.17, 15) is 9.59 Å². The van der Waals surface area contributed by atoms with Crippen LogP contribution in [-0.4, -0.2) is 23.0 Å². The number of aliphatic carboxylic acids is 1. The highest BCUT2D eigenvalue weighted by Gasteiger charge is 2.22. The number of halogens is 2. The van der Waals surface area contributed by atoms with Gasteiger partial charge in [-0.05, 0) is 12.5 Å². The number of amides is 1. The number of rotatable bonds is 5. The molecule has 7 heteroatoms. The number of carbonyl (C=O) groups is 2. The molecule has 0 aliphatic heterocycles. The largest absolute Gasteiger partial charge is 0.480 e. The molecule has 0 saturated carbocycles. The van der Waals surface area contributed by atoms with Crippen molar-refractivity contribution in [3.63, 3.8) is 0 Å². The lowest BCUT2D eigenvalue weighted by Gasteiger charge is -2.12. The van der Waals surface area contributed by atoms with Crippen molar-refractivity contribution in [2.45, 2.75) is 25.8 Å². The molecule has 1 aromatic rings. The van der Waals surface area contributed by atoms with Crippen LogP contribution in [0.2, 0.25) is 8.67 Å². The molecule has 0 aliphatic carbocycles. The van der Waals surface area contributed by atoms with Gasteiger partial charge < -0.3 is 10.4 Å². The van der Waals surface area contributed by atoms with Gasteiger partial charge in [-0.3, -0.25) is 4.79 Å². The summed E-state index contributed by atoms with van der Waals surface area (Å²) in [6, 6.07) is 0.525. The van der Waals surface area contributed by atoms with E-state index in [0.29, 0.717) is 17.2 Å².